The van der Waals surface area contributed by atoms with Crippen LogP contribution in [-0.2, 0) is 9.84 Å². The maximum Gasteiger partial charge on any atom is 0.245 e. The zero-order valence-corrected chi connectivity index (χ0v) is 7.43. The van der Waals surface area contributed by atoms with Crippen LogP contribution in [0.25, 0.3) is 0 Å². The maximum atomic E-state index is 11.2. The predicted octanol–water partition coefficient (Wildman–Crippen LogP) is 1.36. The van der Waals surface area contributed by atoms with Crippen LogP contribution in [0.3, 0.4) is 0 Å². The molecule has 0 fully saturated rings. The van der Waals surface area contributed by atoms with Crippen molar-refractivity contribution >= 4 is 9.84 Å². The Morgan fingerprint density at radius 2 is 1.92 bits per heavy atom. The zero-order chi connectivity index (χ0) is 9.19. The number of sulfone groups is 1. The molecule has 62 valence electrons. The molecule has 0 spiro atoms. The van der Waals surface area contributed by atoms with Crippen LogP contribution in [0.5, 0.6) is 0 Å². The van der Waals surface area contributed by atoms with Crippen LogP contribution in [0.15, 0.2) is 29.2 Å². The predicted molar refractivity (Wildman–Crippen MR) is 47.2 cm³/mol. The number of aryl methyl sites for hydroxylation is 1. The molecule has 0 aliphatic heterocycles. The van der Waals surface area contributed by atoms with Gasteiger partial charge in [-0.25, -0.2) is 8.42 Å². The van der Waals surface area contributed by atoms with Crippen molar-refractivity contribution in [2.75, 3.05) is 0 Å². The molecule has 0 bridgehead atoms. The molecule has 0 atom stereocenters. The molecule has 1 aromatic carbocycles. The lowest BCUT2D eigenvalue weighted by Crippen LogP contribution is -1.98. The lowest BCUT2D eigenvalue weighted by molar-refractivity contribution is 0.605. The maximum absolute atomic E-state index is 11.2. The Morgan fingerprint density at radius 3 is 2.42 bits per heavy atom. The van der Waals surface area contributed by atoms with E-state index in [0.29, 0.717) is 5.56 Å². The number of rotatable bonds is 1. The molecule has 0 heterocycles. The molecule has 1 rings (SSSR count). The molecule has 3 heteroatoms. The highest BCUT2D eigenvalue weighted by Crippen LogP contribution is 2.14. The van der Waals surface area contributed by atoms with E-state index in [2.05, 4.69) is 0 Å². The second kappa shape index (κ2) is 3.00. The normalized spacial score (nSPS) is 10.7. The fraction of sp³-hybridized carbons (Fsp3) is 0.111. The highest BCUT2D eigenvalue weighted by molar-refractivity contribution is 7.96. The van der Waals surface area contributed by atoms with Crippen LogP contribution >= 0.6 is 0 Å². The van der Waals surface area contributed by atoms with Crippen LogP contribution < -0.4 is 0 Å². The second-order valence-electron chi connectivity index (χ2n) is 2.39. The minimum Gasteiger partial charge on any atom is -0.210 e. The largest absolute Gasteiger partial charge is 0.245 e. The molecule has 0 radical (unpaired) electrons. The van der Waals surface area contributed by atoms with E-state index in [4.69, 9.17) is 6.42 Å². The zero-order valence-electron chi connectivity index (χ0n) is 6.61. The Bertz CT molecular complexity index is 424. The van der Waals surface area contributed by atoms with Crippen molar-refractivity contribution in [3.63, 3.8) is 0 Å². The average molecular weight is 180 g/mol. The van der Waals surface area contributed by atoms with Crippen molar-refractivity contribution < 1.29 is 8.42 Å². The van der Waals surface area contributed by atoms with E-state index in [1.54, 1.807) is 30.4 Å². The minimum atomic E-state index is -3.50. The lowest BCUT2D eigenvalue weighted by atomic mass is 10.2. The Balaban J connectivity index is 3.43. The van der Waals surface area contributed by atoms with Crippen LogP contribution in [0.2, 0.25) is 0 Å². The number of hydrogen-bond acceptors (Lipinski definition) is 2. The van der Waals surface area contributed by atoms with Crippen molar-refractivity contribution in [2.45, 2.75) is 11.8 Å². The standard InChI is InChI=1S/C9H8O2S/c1-3-12(10,11)9-7-5-4-6-8(9)2/h1,4-7H,2H3. The first-order valence-corrected chi connectivity index (χ1v) is 4.84. The highest BCUT2D eigenvalue weighted by Gasteiger charge is 2.11. The summed E-state index contributed by atoms with van der Waals surface area (Å²) in [6.07, 6.45) is 4.87. The first-order chi connectivity index (χ1) is 5.58. The van der Waals surface area contributed by atoms with Crippen molar-refractivity contribution in [1.82, 2.24) is 0 Å². The number of terminal acetylenes is 1. The van der Waals surface area contributed by atoms with Gasteiger partial charge in [0.1, 0.15) is 0 Å². The van der Waals surface area contributed by atoms with Gasteiger partial charge in [-0.2, -0.15) is 0 Å². The summed E-state index contributed by atoms with van der Waals surface area (Å²) >= 11 is 0. The lowest BCUT2D eigenvalue weighted by Gasteiger charge is -1.99. The van der Waals surface area contributed by atoms with E-state index in [1.807, 2.05) is 0 Å². The summed E-state index contributed by atoms with van der Waals surface area (Å²) < 4.78 is 22.4. The van der Waals surface area contributed by atoms with Crippen molar-refractivity contribution in [2.24, 2.45) is 0 Å². The molecule has 0 aliphatic carbocycles. The summed E-state index contributed by atoms with van der Waals surface area (Å²) in [6, 6.07) is 6.64. The first kappa shape index (κ1) is 8.82. The molecule has 0 aromatic heterocycles. The Hall–Kier alpha value is -1.27. The number of benzene rings is 1. The molecule has 0 amide bonds. The van der Waals surface area contributed by atoms with Gasteiger partial charge in [-0.1, -0.05) is 18.2 Å². The molecule has 0 saturated carbocycles. The fourth-order valence-electron chi connectivity index (χ4n) is 0.921. The first-order valence-electron chi connectivity index (χ1n) is 3.36. The smallest absolute Gasteiger partial charge is 0.210 e. The van der Waals surface area contributed by atoms with Gasteiger partial charge in [-0.05, 0) is 18.6 Å². The van der Waals surface area contributed by atoms with Gasteiger partial charge in [0.05, 0.1) is 4.90 Å². The Kier molecular flexibility index (Phi) is 2.20. The third kappa shape index (κ3) is 1.49. The van der Waals surface area contributed by atoms with E-state index in [-0.39, 0.29) is 4.90 Å². The average Bonchev–Trinajstić information content (AvgIpc) is 2.05. The number of hydrogen-bond donors (Lipinski definition) is 0. The summed E-state index contributed by atoms with van der Waals surface area (Å²) in [5.74, 6) is 0. The van der Waals surface area contributed by atoms with Crippen LogP contribution in [0.4, 0.5) is 0 Å². The molecule has 0 unspecified atom stereocenters. The summed E-state index contributed by atoms with van der Waals surface area (Å²) in [6.45, 7) is 1.71. The highest BCUT2D eigenvalue weighted by atomic mass is 32.2. The van der Waals surface area contributed by atoms with Crippen molar-refractivity contribution in [3.8, 4) is 11.7 Å². The SMILES string of the molecule is C#CS(=O)(=O)c1ccccc1C. The molecule has 0 N–H and O–H groups in total. The summed E-state index contributed by atoms with van der Waals surface area (Å²) in [7, 11) is -3.50. The molecule has 0 aliphatic rings. The van der Waals surface area contributed by atoms with E-state index in [0.717, 1.165) is 0 Å². The third-order valence-corrected chi connectivity index (χ3v) is 2.89. The quantitative estimate of drug-likeness (QED) is 0.483. The van der Waals surface area contributed by atoms with Crippen LogP contribution in [-0.4, -0.2) is 8.42 Å². The van der Waals surface area contributed by atoms with E-state index >= 15 is 0 Å². The van der Waals surface area contributed by atoms with Gasteiger partial charge in [0, 0.05) is 5.25 Å². The summed E-state index contributed by atoms with van der Waals surface area (Å²) in [5.41, 5.74) is 0.676. The summed E-state index contributed by atoms with van der Waals surface area (Å²) in [4.78, 5) is 0.215. The minimum absolute atomic E-state index is 0.215. The Morgan fingerprint density at radius 1 is 1.33 bits per heavy atom. The van der Waals surface area contributed by atoms with Gasteiger partial charge in [0.25, 0.3) is 0 Å². The Labute approximate surface area is 72.2 Å². The molecular formula is C9H8O2S. The van der Waals surface area contributed by atoms with Gasteiger partial charge in [-0.3, -0.25) is 0 Å². The van der Waals surface area contributed by atoms with E-state index < -0.39 is 9.84 Å². The van der Waals surface area contributed by atoms with Crippen LogP contribution in [0.1, 0.15) is 5.56 Å². The van der Waals surface area contributed by atoms with Crippen molar-refractivity contribution in [3.05, 3.63) is 29.8 Å². The summed E-state index contributed by atoms with van der Waals surface area (Å²) in [5, 5.41) is 1.77. The fourth-order valence-corrected chi connectivity index (χ4v) is 1.80. The monoisotopic (exact) mass is 180 g/mol. The van der Waals surface area contributed by atoms with Gasteiger partial charge in [0.2, 0.25) is 9.84 Å². The van der Waals surface area contributed by atoms with Crippen LogP contribution in [0, 0.1) is 18.6 Å². The second-order valence-corrected chi connectivity index (χ2v) is 4.07. The topological polar surface area (TPSA) is 34.1 Å². The molecule has 12 heavy (non-hydrogen) atoms. The van der Waals surface area contributed by atoms with Gasteiger partial charge < -0.3 is 0 Å². The third-order valence-electron chi connectivity index (χ3n) is 1.54. The molecule has 2 nitrogen and oxygen atoms in total. The van der Waals surface area contributed by atoms with E-state index in [1.165, 1.54) is 6.07 Å². The van der Waals surface area contributed by atoms with Gasteiger partial charge in [0.15, 0.2) is 0 Å². The van der Waals surface area contributed by atoms with E-state index in [9.17, 15) is 8.42 Å². The molecular weight excluding hydrogens is 172 g/mol. The molecule has 0 saturated heterocycles. The van der Waals surface area contributed by atoms with Gasteiger partial charge >= 0.3 is 0 Å². The van der Waals surface area contributed by atoms with Crippen molar-refractivity contribution in [1.29, 1.82) is 0 Å². The molecule has 1 aromatic rings. The van der Waals surface area contributed by atoms with Gasteiger partial charge in [-0.15, -0.1) is 6.42 Å².